The fourth-order valence-corrected chi connectivity index (χ4v) is 2.75. The minimum Gasteiger partial charge on any atom is -0.368 e. The molecule has 20 heavy (non-hydrogen) atoms. The zero-order valence-electron chi connectivity index (χ0n) is 11.3. The van der Waals surface area contributed by atoms with E-state index in [1.807, 2.05) is 18.2 Å². The van der Waals surface area contributed by atoms with Gasteiger partial charge in [0.15, 0.2) is 0 Å². The van der Waals surface area contributed by atoms with E-state index in [4.69, 9.17) is 0 Å². The molecule has 0 radical (unpaired) electrons. The minimum absolute atomic E-state index is 0.614. The molecule has 1 atom stereocenters. The highest BCUT2D eigenvalue weighted by atomic mass is 32.2. The second-order valence-electron chi connectivity index (χ2n) is 4.22. The van der Waals surface area contributed by atoms with Gasteiger partial charge in [0.1, 0.15) is 10.8 Å². The molecule has 1 aromatic heterocycles. The first-order chi connectivity index (χ1) is 9.74. The molecule has 0 amide bonds. The molecule has 0 saturated heterocycles. The number of nitrogens with zero attached hydrogens (tertiary/aromatic N) is 2. The SMILES string of the molecule is C[S@@](=O)CCNc1cncc(SCc2ccccc2)n1. The Balaban J connectivity index is 1.87. The average Bonchev–Trinajstić information content (AvgIpc) is 2.46. The van der Waals surface area contributed by atoms with E-state index in [-0.39, 0.29) is 0 Å². The summed E-state index contributed by atoms with van der Waals surface area (Å²) in [4.78, 5) is 8.65. The molecule has 4 nitrogen and oxygen atoms in total. The number of hydrogen-bond acceptors (Lipinski definition) is 5. The standard InChI is InChI=1S/C14H17N3OS2/c1-20(18)8-7-16-13-9-15-10-14(17-13)19-11-12-5-3-2-4-6-12/h2-6,9-10H,7-8,11H2,1H3,(H,16,17)/t20-/m1/s1. The lowest BCUT2D eigenvalue weighted by Gasteiger charge is -2.06. The third-order valence-corrected chi connectivity index (χ3v) is 4.29. The van der Waals surface area contributed by atoms with Gasteiger partial charge in [0.2, 0.25) is 0 Å². The number of anilines is 1. The summed E-state index contributed by atoms with van der Waals surface area (Å²) in [5.74, 6) is 2.22. The molecular weight excluding hydrogens is 290 g/mol. The van der Waals surface area contributed by atoms with Gasteiger partial charge in [-0.1, -0.05) is 30.3 Å². The number of rotatable bonds is 7. The highest BCUT2D eigenvalue weighted by Crippen LogP contribution is 2.20. The third kappa shape index (κ3) is 5.30. The quantitative estimate of drug-likeness (QED) is 0.797. The molecule has 2 aromatic rings. The van der Waals surface area contributed by atoms with Crippen LogP contribution in [0.15, 0.2) is 47.8 Å². The van der Waals surface area contributed by atoms with E-state index in [0.717, 1.165) is 16.6 Å². The van der Waals surface area contributed by atoms with E-state index < -0.39 is 10.8 Å². The second kappa shape index (κ2) is 8.01. The Morgan fingerprint density at radius 1 is 1.25 bits per heavy atom. The van der Waals surface area contributed by atoms with Crippen molar-refractivity contribution in [3.63, 3.8) is 0 Å². The summed E-state index contributed by atoms with van der Waals surface area (Å²) in [5.41, 5.74) is 1.26. The molecular formula is C14H17N3OS2. The summed E-state index contributed by atoms with van der Waals surface area (Å²) in [5, 5.41) is 4.02. The van der Waals surface area contributed by atoms with Gasteiger partial charge in [-0.05, 0) is 5.56 Å². The van der Waals surface area contributed by atoms with Gasteiger partial charge in [0.25, 0.3) is 0 Å². The lowest BCUT2D eigenvalue weighted by atomic mass is 10.2. The maximum Gasteiger partial charge on any atom is 0.145 e. The van der Waals surface area contributed by atoms with Crippen molar-refractivity contribution in [3.05, 3.63) is 48.3 Å². The predicted octanol–water partition coefficient (Wildman–Crippen LogP) is 2.56. The van der Waals surface area contributed by atoms with Crippen LogP contribution in [0.2, 0.25) is 0 Å². The Bertz CT molecular complexity index is 563. The van der Waals surface area contributed by atoms with E-state index in [2.05, 4.69) is 27.4 Å². The Morgan fingerprint density at radius 2 is 2.05 bits per heavy atom. The number of benzene rings is 1. The third-order valence-electron chi connectivity index (χ3n) is 2.54. The van der Waals surface area contributed by atoms with Crippen molar-refractivity contribution < 1.29 is 4.21 Å². The minimum atomic E-state index is -0.789. The molecule has 0 saturated carbocycles. The average molecular weight is 307 g/mol. The van der Waals surface area contributed by atoms with E-state index in [1.54, 1.807) is 30.4 Å². The molecule has 1 aromatic carbocycles. The first kappa shape index (κ1) is 15.0. The molecule has 0 bridgehead atoms. The summed E-state index contributed by atoms with van der Waals surface area (Å²) >= 11 is 1.65. The van der Waals surface area contributed by atoms with Crippen molar-refractivity contribution in [1.29, 1.82) is 0 Å². The lowest BCUT2D eigenvalue weighted by Crippen LogP contribution is -2.11. The zero-order valence-corrected chi connectivity index (χ0v) is 12.9. The zero-order chi connectivity index (χ0) is 14.2. The van der Waals surface area contributed by atoms with Crippen LogP contribution in [0.1, 0.15) is 5.56 Å². The summed E-state index contributed by atoms with van der Waals surface area (Å²) in [6.45, 7) is 0.643. The molecule has 1 heterocycles. The van der Waals surface area contributed by atoms with Gasteiger partial charge in [0.05, 0.1) is 12.4 Å². The van der Waals surface area contributed by atoms with Crippen molar-refractivity contribution in [2.24, 2.45) is 0 Å². The van der Waals surface area contributed by atoms with E-state index in [9.17, 15) is 4.21 Å². The van der Waals surface area contributed by atoms with Gasteiger partial charge in [-0.2, -0.15) is 0 Å². The fraction of sp³-hybridized carbons (Fsp3) is 0.286. The topological polar surface area (TPSA) is 54.9 Å². The molecule has 0 fully saturated rings. The smallest absolute Gasteiger partial charge is 0.145 e. The van der Waals surface area contributed by atoms with Crippen LogP contribution in [0.3, 0.4) is 0 Å². The van der Waals surface area contributed by atoms with Gasteiger partial charge in [-0.15, -0.1) is 11.8 Å². The Kier molecular flexibility index (Phi) is 6.01. The van der Waals surface area contributed by atoms with Gasteiger partial charge in [0, 0.05) is 35.1 Å². The summed E-state index contributed by atoms with van der Waals surface area (Å²) in [7, 11) is -0.789. The van der Waals surface area contributed by atoms with Crippen LogP contribution in [0.5, 0.6) is 0 Å². The largest absolute Gasteiger partial charge is 0.368 e. The molecule has 0 aliphatic rings. The van der Waals surface area contributed by atoms with Crippen LogP contribution < -0.4 is 5.32 Å². The number of thioether (sulfide) groups is 1. The summed E-state index contributed by atoms with van der Waals surface area (Å²) < 4.78 is 11.0. The highest BCUT2D eigenvalue weighted by Gasteiger charge is 2.01. The predicted molar refractivity (Wildman–Crippen MR) is 85.5 cm³/mol. The Hall–Kier alpha value is -1.40. The first-order valence-electron chi connectivity index (χ1n) is 6.27. The van der Waals surface area contributed by atoms with Crippen LogP contribution in [0, 0.1) is 0 Å². The van der Waals surface area contributed by atoms with Crippen molar-refractivity contribution >= 4 is 28.4 Å². The molecule has 1 N–H and O–H groups in total. The fourth-order valence-electron chi connectivity index (χ4n) is 1.56. The molecule has 6 heteroatoms. The number of aromatic nitrogens is 2. The maximum atomic E-state index is 11.0. The van der Waals surface area contributed by atoms with Gasteiger partial charge in [-0.25, -0.2) is 4.98 Å². The molecule has 0 aliphatic heterocycles. The van der Waals surface area contributed by atoms with Gasteiger partial charge >= 0.3 is 0 Å². The molecule has 106 valence electrons. The monoisotopic (exact) mass is 307 g/mol. The van der Waals surface area contributed by atoms with Crippen LogP contribution in [-0.4, -0.2) is 32.7 Å². The van der Waals surface area contributed by atoms with E-state index >= 15 is 0 Å². The summed E-state index contributed by atoms with van der Waals surface area (Å²) in [6.07, 6.45) is 5.14. The second-order valence-corrected chi connectivity index (χ2v) is 6.77. The molecule has 0 aliphatic carbocycles. The Labute approximate surface area is 125 Å². The number of hydrogen-bond donors (Lipinski definition) is 1. The lowest BCUT2D eigenvalue weighted by molar-refractivity contribution is 0.687. The van der Waals surface area contributed by atoms with Gasteiger partial charge < -0.3 is 5.32 Å². The molecule has 0 unspecified atom stereocenters. The van der Waals surface area contributed by atoms with Crippen molar-refractivity contribution in [3.8, 4) is 0 Å². The van der Waals surface area contributed by atoms with E-state index in [1.165, 1.54) is 5.56 Å². The summed E-state index contributed by atoms with van der Waals surface area (Å²) in [6, 6.07) is 10.3. The van der Waals surface area contributed by atoms with E-state index in [0.29, 0.717) is 12.3 Å². The van der Waals surface area contributed by atoms with Crippen molar-refractivity contribution in [2.45, 2.75) is 10.8 Å². The molecule has 2 rings (SSSR count). The van der Waals surface area contributed by atoms with Crippen molar-refractivity contribution in [2.75, 3.05) is 23.9 Å². The maximum absolute atomic E-state index is 11.0. The van der Waals surface area contributed by atoms with Gasteiger partial charge in [-0.3, -0.25) is 9.19 Å². The highest BCUT2D eigenvalue weighted by molar-refractivity contribution is 7.98. The van der Waals surface area contributed by atoms with Crippen LogP contribution >= 0.6 is 11.8 Å². The van der Waals surface area contributed by atoms with Crippen LogP contribution in [0.25, 0.3) is 0 Å². The van der Waals surface area contributed by atoms with Crippen molar-refractivity contribution in [1.82, 2.24) is 9.97 Å². The molecule has 0 spiro atoms. The normalized spacial score (nSPS) is 12.1. The first-order valence-corrected chi connectivity index (χ1v) is 8.98. The number of nitrogens with one attached hydrogen (secondary N) is 1. The van der Waals surface area contributed by atoms with Crippen LogP contribution in [-0.2, 0) is 16.6 Å². The Morgan fingerprint density at radius 3 is 2.80 bits per heavy atom. The van der Waals surface area contributed by atoms with Crippen LogP contribution in [0.4, 0.5) is 5.82 Å².